The van der Waals surface area contributed by atoms with E-state index >= 15 is 0 Å². The van der Waals surface area contributed by atoms with Gasteiger partial charge in [-0.3, -0.25) is 0 Å². The van der Waals surface area contributed by atoms with E-state index in [9.17, 15) is 0 Å². The SMILES string of the molecule is CCCCCCCCc1ccc(N=Nc2ccc(OCCCCCCCCCCc3cc[nH+]cc3)cc2)cc1. The molecular formula is C35H50N3O+. The summed E-state index contributed by atoms with van der Waals surface area (Å²) >= 11 is 0. The molecule has 39 heavy (non-hydrogen) atoms. The lowest BCUT2D eigenvalue weighted by molar-refractivity contribution is -0.378. The van der Waals surface area contributed by atoms with Crippen LogP contribution in [0, 0.1) is 0 Å². The van der Waals surface area contributed by atoms with Crippen molar-refractivity contribution in [3.8, 4) is 5.75 Å². The third-order valence-electron chi connectivity index (χ3n) is 7.29. The third-order valence-corrected chi connectivity index (χ3v) is 7.29. The first-order valence-electron chi connectivity index (χ1n) is 15.5. The molecule has 0 saturated carbocycles. The number of nitrogens with zero attached hydrogens (tertiary/aromatic N) is 2. The molecular weight excluding hydrogens is 478 g/mol. The Balaban J connectivity index is 1.19. The van der Waals surface area contributed by atoms with Gasteiger partial charge < -0.3 is 4.74 Å². The van der Waals surface area contributed by atoms with E-state index in [0.717, 1.165) is 36.6 Å². The van der Waals surface area contributed by atoms with Crippen LogP contribution in [0.1, 0.15) is 108 Å². The molecule has 0 aliphatic carbocycles. The fraction of sp³-hybridized carbons (Fsp3) is 0.514. The molecule has 4 nitrogen and oxygen atoms in total. The van der Waals surface area contributed by atoms with Crippen LogP contribution in [0.5, 0.6) is 5.75 Å². The Labute approximate surface area is 237 Å². The van der Waals surface area contributed by atoms with Gasteiger partial charge in [0.2, 0.25) is 0 Å². The van der Waals surface area contributed by atoms with Gasteiger partial charge >= 0.3 is 0 Å². The van der Waals surface area contributed by atoms with Gasteiger partial charge in [-0.05, 0) is 79.6 Å². The van der Waals surface area contributed by atoms with Crippen molar-refractivity contribution in [1.29, 1.82) is 0 Å². The Morgan fingerprint density at radius 2 is 0.974 bits per heavy atom. The van der Waals surface area contributed by atoms with Crippen LogP contribution >= 0.6 is 0 Å². The first-order valence-corrected chi connectivity index (χ1v) is 15.5. The van der Waals surface area contributed by atoms with Crippen molar-refractivity contribution in [2.24, 2.45) is 10.2 Å². The Morgan fingerprint density at radius 1 is 0.513 bits per heavy atom. The van der Waals surface area contributed by atoms with Crippen molar-refractivity contribution >= 4 is 11.4 Å². The van der Waals surface area contributed by atoms with Crippen LogP contribution < -0.4 is 9.72 Å². The molecule has 210 valence electrons. The molecule has 0 amide bonds. The summed E-state index contributed by atoms with van der Waals surface area (Å²) in [5.74, 6) is 0.907. The third kappa shape index (κ3) is 14.1. The van der Waals surface area contributed by atoms with Crippen LogP contribution in [0.25, 0.3) is 0 Å². The highest BCUT2D eigenvalue weighted by atomic mass is 16.5. The number of H-pyrrole nitrogens is 1. The molecule has 0 atom stereocenters. The Morgan fingerprint density at radius 3 is 1.54 bits per heavy atom. The van der Waals surface area contributed by atoms with E-state index < -0.39 is 0 Å². The van der Waals surface area contributed by atoms with Gasteiger partial charge in [0.1, 0.15) is 5.75 Å². The van der Waals surface area contributed by atoms with Crippen LogP contribution in [0.3, 0.4) is 0 Å². The monoisotopic (exact) mass is 528 g/mol. The molecule has 0 radical (unpaired) electrons. The number of hydrogen-bond donors (Lipinski definition) is 0. The van der Waals surface area contributed by atoms with E-state index in [0.29, 0.717) is 0 Å². The van der Waals surface area contributed by atoms with Crippen LogP contribution in [-0.4, -0.2) is 6.61 Å². The molecule has 0 bridgehead atoms. The molecule has 0 aliphatic rings. The van der Waals surface area contributed by atoms with E-state index in [1.807, 2.05) is 36.7 Å². The van der Waals surface area contributed by atoms with Crippen molar-refractivity contribution in [1.82, 2.24) is 0 Å². The minimum absolute atomic E-state index is 0.778. The number of ether oxygens (including phenoxy) is 1. The van der Waals surface area contributed by atoms with Crippen molar-refractivity contribution in [3.63, 3.8) is 0 Å². The molecule has 0 aliphatic heterocycles. The molecule has 0 fully saturated rings. The number of benzene rings is 2. The zero-order valence-electron chi connectivity index (χ0n) is 24.3. The molecule has 1 N–H and O–H groups in total. The molecule has 0 spiro atoms. The highest BCUT2D eigenvalue weighted by molar-refractivity contribution is 5.43. The van der Waals surface area contributed by atoms with Crippen LogP contribution in [0.2, 0.25) is 0 Å². The predicted octanol–water partition coefficient (Wildman–Crippen LogP) is 10.6. The lowest BCUT2D eigenvalue weighted by Crippen LogP contribution is -1.98. The fourth-order valence-electron chi connectivity index (χ4n) is 4.83. The maximum atomic E-state index is 5.92. The standard InChI is InChI=1S/C35H49N3O/c1-2-3-4-5-10-13-16-31-18-20-33(21-19-31)37-38-34-22-24-35(25-23-34)39-30-15-12-9-7-6-8-11-14-17-32-26-28-36-29-27-32/h18-29H,2-17,30H2,1H3/p+1. The molecule has 3 rings (SSSR count). The summed E-state index contributed by atoms with van der Waals surface area (Å²) in [5, 5.41) is 8.79. The maximum absolute atomic E-state index is 5.92. The lowest BCUT2D eigenvalue weighted by atomic mass is 10.0. The minimum Gasteiger partial charge on any atom is -0.494 e. The highest BCUT2D eigenvalue weighted by Gasteiger charge is 1.99. The molecule has 3 aromatic rings. The van der Waals surface area contributed by atoms with Crippen LogP contribution in [0.4, 0.5) is 11.4 Å². The number of nitrogens with one attached hydrogen (secondary N) is 1. The van der Waals surface area contributed by atoms with Crippen molar-refractivity contribution in [2.45, 2.75) is 110 Å². The number of azo groups is 1. The fourth-order valence-corrected chi connectivity index (χ4v) is 4.83. The second kappa shape index (κ2) is 20.0. The molecule has 0 unspecified atom stereocenters. The van der Waals surface area contributed by atoms with E-state index in [2.05, 4.69) is 58.5 Å². The van der Waals surface area contributed by atoms with Crippen molar-refractivity contribution < 1.29 is 9.72 Å². The van der Waals surface area contributed by atoms with E-state index in [1.165, 1.54) is 101 Å². The Bertz CT molecular complexity index is 1020. The topological polar surface area (TPSA) is 48.1 Å². The summed E-state index contributed by atoms with van der Waals surface area (Å²) in [6.07, 6.45) is 24.7. The van der Waals surface area contributed by atoms with Crippen molar-refractivity contribution in [3.05, 3.63) is 84.2 Å². The maximum Gasteiger partial charge on any atom is 0.167 e. The molecule has 0 saturated heterocycles. The Kier molecular flexibility index (Phi) is 15.6. The van der Waals surface area contributed by atoms with Crippen molar-refractivity contribution in [2.75, 3.05) is 6.61 Å². The van der Waals surface area contributed by atoms with Gasteiger partial charge in [0.05, 0.1) is 18.0 Å². The summed E-state index contributed by atoms with van der Waals surface area (Å²) in [7, 11) is 0. The quantitative estimate of drug-likeness (QED) is 0.100. The smallest absolute Gasteiger partial charge is 0.167 e. The number of aryl methyl sites for hydroxylation is 2. The van der Waals surface area contributed by atoms with Gasteiger partial charge in [0.15, 0.2) is 12.4 Å². The largest absolute Gasteiger partial charge is 0.494 e. The van der Waals surface area contributed by atoms with Crippen LogP contribution in [-0.2, 0) is 12.8 Å². The van der Waals surface area contributed by atoms with Gasteiger partial charge in [-0.1, -0.05) is 89.7 Å². The van der Waals surface area contributed by atoms with Gasteiger partial charge in [0.25, 0.3) is 0 Å². The average Bonchev–Trinajstić information content (AvgIpc) is 2.98. The summed E-state index contributed by atoms with van der Waals surface area (Å²) < 4.78 is 5.92. The minimum atomic E-state index is 0.778. The zero-order valence-corrected chi connectivity index (χ0v) is 24.3. The number of pyridine rings is 1. The van der Waals surface area contributed by atoms with E-state index in [4.69, 9.17) is 4.74 Å². The number of rotatable bonds is 21. The number of aromatic nitrogens is 1. The first-order chi connectivity index (χ1) is 19.3. The predicted molar refractivity (Wildman–Crippen MR) is 163 cm³/mol. The van der Waals surface area contributed by atoms with Gasteiger partial charge in [-0.15, -0.1) is 0 Å². The summed E-state index contributed by atoms with van der Waals surface area (Å²) in [4.78, 5) is 3.09. The first kappa shape index (κ1) is 30.5. The average molecular weight is 529 g/mol. The van der Waals surface area contributed by atoms with E-state index in [-0.39, 0.29) is 0 Å². The second-order valence-corrected chi connectivity index (χ2v) is 10.7. The summed E-state index contributed by atoms with van der Waals surface area (Å²) in [6.45, 7) is 3.04. The molecule has 4 heteroatoms. The van der Waals surface area contributed by atoms with E-state index in [1.54, 1.807) is 0 Å². The van der Waals surface area contributed by atoms with Gasteiger partial charge in [-0.25, -0.2) is 4.98 Å². The lowest BCUT2D eigenvalue weighted by Gasteiger charge is -2.06. The summed E-state index contributed by atoms with van der Waals surface area (Å²) in [6, 6.07) is 20.8. The zero-order chi connectivity index (χ0) is 27.2. The van der Waals surface area contributed by atoms with Crippen LogP contribution in [0.15, 0.2) is 83.3 Å². The second-order valence-electron chi connectivity index (χ2n) is 10.7. The number of aromatic amines is 1. The molecule has 2 aromatic carbocycles. The Hall–Kier alpha value is -3.01. The summed E-state index contributed by atoms with van der Waals surface area (Å²) in [5.41, 5.74) is 4.57. The molecule has 1 heterocycles. The molecule has 1 aromatic heterocycles. The van der Waals surface area contributed by atoms with Gasteiger partial charge in [-0.2, -0.15) is 10.2 Å². The highest BCUT2D eigenvalue weighted by Crippen LogP contribution is 2.22. The normalized spacial score (nSPS) is 11.3. The number of hydrogen-bond acceptors (Lipinski definition) is 3. The number of unbranched alkanes of at least 4 members (excludes halogenated alkanes) is 12. The van der Waals surface area contributed by atoms with Gasteiger partial charge in [0, 0.05) is 12.1 Å².